The molecule has 114 valence electrons. The molecule has 0 spiro atoms. The monoisotopic (exact) mass is 302 g/mol. The molecule has 1 aromatic heterocycles. The fraction of sp³-hybridized carbons (Fsp3) is 0.615. The number of aromatic nitrogens is 2. The van der Waals surface area contributed by atoms with E-state index in [1.807, 2.05) is 20.9 Å². The highest BCUT2D eigenvalue weighted by Gasteiger charge is 2.18. The van der Waals surface area contributed by atoms with Crippen molar-refractivity contribution in [3.8, 4) is 0 Å². The lowest BCUT2D eigenvalue weighted by Gasteiger charge is -2.10. The Balaban J connectivity index is 0.00000361. The zero-order chi connectivity index (χ0) is 14.3. The first-order valence-electron chi connectivity index (χ1n) is 6.68. The lowest BCUT2D eigenvalue weighted by Crippen LogP contribution is -2.33. The van der Waals surface area contributed by atoms with E-state index in [0.29, 0.717) is 19.4 Å². The average molecular weight is 303 g/mol. The molecule has 0 radical (unpaired) electrons. The van der Waals surface area contributed by atoms with Gasteiger partial charge in [0.05, 0.1) is 5.69 Å². The number of hydrogen-bond acceptors (Lipinski definition) is 4. The van der Waals surface area contributed by atoms with Crippen LogP contribution in [0.2, 0.25) is 0 Å². The number of nitrogens with zero attached hydrogens (tertiary/aromatic N) is 1. The highest BCUT2D eigenvalue weighted by atomic mass is 35.5. The molecule has 3 N–H and O–H groups in total. The van der Waals surface area contributed by atoms with Gasteiger partial charge in [-0.15, -0.1) is 12.4 Å². The predicted molar refractivity (Wildman–Crippen MR) is 81.7 cm³/mol. The second-order valence-corrected chi connectivity index (χ2v) is 4.27. The van der Waals surface area contributed by atoms with Crippen LogP contribution in [0.3, 0.4) is 0 Å². The summed E-state index contributed by atoms with van der Waals surface area (Å²) in [7, 11) is 1.86. The molecular weight excluding hydrogens is 280 g/mol. The normalized spacial score (nSPS) is 9.95. The van der Waals surface area contributed by atoms with Crippen LogP contribution in [0.4, 0.5) is 0 Å². The summed E-state index contributed by atoms with van der Waals surface area (Å²) in [5, 5.41) is 12.2. The average Bonchev–Trinajstić information content (AvgIpc) is 2.42. The van der Waals surface area contributed by atoms with Gasteiger partial charge in [-0.3, -0.25) is 9.59 Å². The van der Waals surface area contributed by atoms with Crippen molar-refractivity contribution >= 4 is 18.3 Å². The minimum atomic E-state index is -0.417. The van der Waals surface area contributed by atoms with Crippen molar-refractivity contribution in [1.29, 1.82) is 0 Å². The molecule has 0 saturated heterocycles. The molecule has 0 aliphatic rings. The number of aryl methyl sites for hydroxylation is 1. The van der Waals surface area contributed by atoms with Crippen LogP contribution in [-0.4, -0.2) is 36.2 Å². The van der Waals surface area contributed by atoms with Crippen LogP contribution in [0.1, 0.15) is 41.9 Å². The van der Waals surface area contributed by atoms with Crippen LogP contribution in [0.25, 0.3) is 0 Å². The Morgan fingerprint density at radius 2 is 1.95 bits per heavy atom. The Labute approximate surface area is 125 Å². The topological polar surface area (TPSA) is 86.9 Å². The van der Waals surface area contributed by atoms with Crippen molar-refractivity contribution in [2.24, 2.45) is 0 Å². The van der Waals surface area contributed by atoms with Crippen molar-refractivity contribution < 1.29 is 4.79 Å². The molecule has 1 amide bonds. The van der Waals surface area contributed by atoms with Gasteiger partial charge in [-0.25, -0.2) is 5.10 Å². The van der Waals surface area contributed by atoms with E-state index in [4.69, 9.17) is 0 Å². The van der Waals surface area contributed by atoms with E-state index in [0.717, 1.165) is 24.2 Å². The Bertz CT molecular complexity index is 488. The maximum Gasteiger partial charge on any atom is 0.277 e. The van der Waals surface area contributed by atoms with Crippen molar-refractivity contribution in [2.45, 2.75) is 33.1 Å². The highest BCUT2D eigenvalue weighted by molar-refractivity contribution is 5.95. The molecule has 0 aliphatic heterocycles. The second kappa shape index (κ2) is 9.50. The first-order chi connectivity index (χ1) is 9.15. The minimum absolute atomic E-state index is 0. The SMILES string of the molecule is CCc1n[nH]c(=O)c(C(=O)NCCCNC)c1CC.Cl. The quantitative estimate of drug-likeness (QED) is 0.646. The van der Waals surface area contributed by atoms with E-state index in [1.54, 1.807) is 0 Å². The molecular formula is C13H23ClN4O2. The number of amides is 1. The number of nitrogens with one attached hydrogen (secondary N) is 3. The summed E-state index contributed by atoms with van der Waals surface area (Å²) >= 11 is 0. The Morgan fingerprint density at radius 1 is 1.25 bits per heavy atom. The first-order valence-corrected chi connectivity index (χ1v) is 6.68. The number of hydrogen-bond donors (Lipinski definition) is 3. The standard InChI is InChI=1S/C13H22N4O2.ClH/c1-4-9-10(5-2)16-17-13(19)11(9)12(18)15-8-6-7-14-3;/h14H,4-8H2,1-3H3,(H,15,18)(H,17,19);1H. The minimum Gasteiger partial charge on any atom is -0.352 e. The van der Waals surface area contributed by atoms with E-state index < -0.39 is 5.56 Å². The van der Waals surface area contributed by atoms with Crippen LogP contribution in [0.5, 0.6) is 0 Å². The number of H-pyrrole nitrogens is 1. The number of carbonyl (C=O) groups is 1. The molecule has 0 atom stereocenters. The van der Waals surface area contributed by atoms with Crippen LogP contribution >= 0.6 is 12.4 Å². The molecule has 1 heterocycles. The summed E-state index contributed by atoms with van der Waals surface area (Å²) in [5.74, 6) is -0.314. The van der Waals surface area contributed by atoms with Crippen LogP contribution in [0.15, 0.2) is 4.79 Å². The van der Waals surface area contributed by atoms with Crippen molar-refractivity contribution in [3.63, 3.8) is 0 Å². The van der Waals surface area contributed by atoms with Crippen LogP contribution in [0, 0.1) is 0 Å². The Kier molecular flexibility index (Phi) is 8.83. The first kappa shape index (κ1) is 18.6. The number of halogens is 1. The second-order valence-electron chi connectivity index (χ2n) is 4.27. The van der Waals surface area contributed by atoms with Crippen LogP contribution in [-0.2, 0) is 12.8 Å². The maximum absolute atomic E-state index is 12.1. The zero-order valence-corrected chi connectivity index (χ0v) is 13.0. The summed E-state index contributed by atoms with van der Waals surface area (Å²) in [4.78, 5) is 23.9. The highest BCUT2D eigenvalue weighted by Crippen LogP contribution is 2.09. The fourth-order valence-electron chi connectivity index (χ4n) is 1.99. The molecule has 0 bridgehead atoms. The van der Waals surface area contributed by atoms with E-state index in [9.17, 15) is 9.59 Å². The van der Waals surface area contributed by atoms with E-state index in [-0.39, 0.29) is 23.9 Å². The van der Waals surface area contributed by atoms with Gasteiger partial charge in [0, 0.05) is 6.54 Å². The Morgan fingerprint density at radius 3 is 2.50 bits per heavy atom. The largest absolute Gasteiger partial charge is 0.352 e. The third-order valence-electron chi connectivity index (χ3n) is 2.97. The van der Waals surface area contributed by atoms with Gasteiger partial charge in [0.1, 0.15) is 5.56 Å². The molecule has 1 aromatic rings. The van der Waals surface area contributed by atoms with E-state index in [2.05, 4.69) is 20.8 Å². The van der Waals surface area contributed by atoms with Crippen molar-refractivity contribution in [1.82, 2.24) is 20.8 Å². The van der Waals surface area contributed by atoms with Crippen LogP contribution < -0.4 is 16.2 Å². The lowest BCUT2D eigenvalue weighted by atomic mass is 10.0. The zero-order valence-electron chi connectivity index (χ0n) is 12.2. The molecule has 6 nitrogen and oxygen atoms in total. The number of rotatable bonds is 7. The van der Waals surface area contributed by atoms with Crippen molar-refractivity contribution in [3.05, 3.63) is 27.2 Å². The smallest absolute Gasteiger partial charge is 0.277 e. The summed E-state index contributed by atoms with van der Waals surface area (Å²) in [6.07, 6.45) is 2.15. The molecule has 0 fully saturated rings. The molecule has 0 aromatic carbocycles. The summed E-state index contributed by atoms with van der Waals surface area (Å²) in [6, 6.07) is 0. The fourth-order valence-corrected chi connectivity index (χ4v) is 1.99. The molecule has 0 aliphatic carbocycles. The van der Waals surface area contributed by atoms with Gasteiger partial charge in [0.2, 0.25) is 0 Å². The molecule has 1 rings (SSSR count). The maximum atomic E-state index is 12.1. The molecule has 7 heteroatoms. The number of aromatic amines is 1. The summed E-state index contributed by atoms with van der Waals surface area (Å²) < 4.78 is 0. The van der Waals surface area contributed by atoms with Gasteiger partial charge in [-0.2, -0.15) is 5.10 Å². The van der Waals surface area contributed by atoms with Gasteiger partial charge >= 0.3 is 0 Å². The predicted octanol–water partition coefficient (Wildman–Crippen LogP) is 0.656. The summed E-state index contributed by atoms with van der Waals surface area (Å²) in [5.41, 5.74) is 1.32. The van der Waals surface area contributed by atoms with E-state index >= 15 is 0 Å². The number of carbonyl (C=O) groups excluding carboxylic acids is 1. The van der Waals surface area contributed by atoms with Gasteiger partial charge < -0.3 is 10.6 Å². The molecule has 0 saturated carbocycles. The Hall–Kier alpha value is -1.40. The third kappa shape index (κ3) is 4.61. The summed E-state index contributed by atoms with van der Waals surface area (Å²) in [6.45, 7) is 5.25. The molecule has 20 heavy (non-hydrogen) atoms. The third-order valence-corrected chi connectivity index (χ3v) is 2.97. The lowest BCUT2D eigenvalue weighted by molar-refractivity contribution is 0.0950. The molecule has 0 unspecified atom stereocenters. The van der Waals surface area contributed by atoms with Gasteiger partial charge in [-0.05, 0) is 38.4 Å². The van der Waals surface area contributed by atoms with Crippen molar-refractivity contribution in [2.75, 3.05) is 20.1 Å². The van der Waals surface area contributed by atoms with Gasteiger partial charge in [0.15, 0.2) is 0 Å². The van der Waals surface area contributed by atoms with Gasteiger partial charge in [0.25, 0.3) is 11.5 Å². The van der Waals surface area contributed by atoms with Gasteiger partial charge in [-0.1, -0.05) is 13.8 Å². The van der Waals surface area contributed by atoms with E-state index in [1.165, 1.54) is 0 Å².